The lowest BCUT2D eigenvalue weighted by molar-refractivity contribution is -0.229. The number of allylic oxidation sites excluding steroid dienone is 1. The molecule has 4 fully saturated rings. The Kier molecular flexibility index (Phi) is 10.8. The van der Waals surface area contributed by atoms with Gasteiger partial charge in [-0.3, -0.25) is 24.0 Å². The normalized spacial score (nSPS) is 40.7. The van der Waals surface area contributed by atoms with Crippen molar-refractivity contribution >= 4 is 47.4 Å². The molecule has 5 aliphatic rings. The molecule has 0 aliphatic heterocycles. The molecule has 6 rings (SSSR count). The van der Waals surface area contributed by atoms with Crippen LogP contribution < -0.4 is 5.43 Å². The lowest BCUT2D eigenvalue weighted by Crippen LogP contribution is -2.70. The zero-order valence-electron chi connectivity index (χ0n) is 33.5. The largest absolute Gasteiger partial charge is 0.465 e. The Bertz CT molecular complexity index is 1810. The molecule has 2 N–H and O–H groups in total. The molecule has 0 aromatic heterocycles. The van der Waals surface area contributed by atoms with Crippen molar-refractivity contribution < 1.29 is 43.3 Å². The number of ketones is 1. The number of carbonyl (C=O) groups excluding carboxylic acids is 5. The standard InChI is InChI=1S/C43H57ClN2O9/c1-25-13-18-43(37(51)53-23-34(50)46-45-22-28-9-11-29(44)12-10-28)20-19-40(6)30(35(43)42(25,8)52)21-31(49)36-38(4)16-15-33(55-27(3)48)39(5,24-54-26(2)47)32(38)14-17-41(36,40)7/h9-12,21-22,25,32-33,35-36,52H,13-20,23-24H2,1-8H3,(H,46,50)/b45-22+/t25-,32-,33+,35-,36-,38+,39-,40-,41-,42-,43+/m1/s1. The number of nitrogens with one attached hydrogen (secondary N) is 1. The van der Waals surface area contributed by atoms with Crippen LogP contribution in [0.5, 0.6) is 0 Å². The van der Waals surface area contributed by atoms with E-state index in [0.717, 1.165) is 17.6 Å². The number of rotatable bonds is 8. The number of benzene rings is 1. The summed E-state index contributed by atoms with van der Waals surface area (Å²) in [5, 5.41) is 17.0. The number of hydrogen-bond donors (Lipinski definition) is 2. The van der Waals surface area contributed by atoms with Gasteiger partial charge < -0.3 is 19.3 Å². The highest BCUT2D eigenvalue weighted by atomic mass is 35.5. The third-order valence-electron chi connectivity index (χ3n) is 15.5. The van der Waals surface area contributed by atoms with Crippen LogP contribution in [0.15, 0.2) is 41.0 Å². The molecular formula is C43H57ClN2O9. The van der Waals surface area contributed by atoms with Crippen molar-refractivity contribution in [3.05, 3.63) is 46.5 Å². The van der Waals surface area contributed by atoms with Gasteiger partial charge in [-0.1, -0.05) is 63.9 Å². The van der Waals surface area contributed by atoms with Crippen LogP contribution in [0.3, 0.4) is 0 Å². The smallest absolute Gasteiger partial charge is 0.313 e. The summed E-state index contributed by atoms with van der Waals surface area (Å²) in [6, 6.07) is 6.92. The van der Waals surface area contributed by atoms with Crippen LogP contribution >= 0.6 is 11.6 Å². The molecule has 1 amide bonds. The van der Waals surface area contributed by atoms with E-state index in [9.17, 15) is 29.1 Å². The minimum atomic E-state index is -1.34. The van der Waals surface area contributed by atoms with Crippen LogP contribution in [-0.2, 0) is 38.2 Å². The first kappa shape index (κ1) is 41.1. The Morgan fingerprint density at radius 1 is 0.909 bits per heavy atom. The van der Waals surface area contributed by atoms with E-state index in [1.165, 1.54) is 20.1 Å². The maximum Gasteiger partial charge on any atom is 0.313 e. The Labute approximate surface area is 329 Å². The Balaban J connectivity index is 1.32. The predicted octanol–water partition coefficient (Wildman–Crippen LogP) is 6.76. The number of hydrazone groups is 1. The summed E-state index contributed by atoms with van der Waals surface area (Å²) >= 11 is 5.94. The van der Waals surface area contributed by atoms with Gasteiger partial charge in [-0.25, -0.2) is 5.43 Å². The van der Waals surface area contributed by atoms with E-state index in [2.05, 4.69) is 31.3 Å². The molecule has 1 aromatic carbocycles. The topological polar surface area (TPSA) is 158 Å². The summed E-state index contributed by atoms with van der Waals surface area (Å²) in [5.74, 6) is -3.34. The van der Waals surface area contributed by atoms with Gasteiger partial charge in [0, 0.05) is 36.1 Å². The first-order valence-electron chi connectivity index (χ1n) is 19.7. The fraction of sp³-hybridized carbons (Fsp3) is 0.674. The van der Waals surface area contributed by atoms with E-state index in [0.29, 0.717) is 50.0 Å². The van der Waals surface area contributed by atoms with Crippen LogP contribution in [0, 0.1) is 50.7 Å². The highest BCUT2D eigenvalue weighted by Crippen LogP contribution is 2.75. The van der Waals surface area contributed by atoms with Crippen molar-refractivity contribution in [2.24, 2.45) is 55.8 Å². The van der Waals surface area contributed by atoms with E-state index in [1.807, 2.05) is 13.8 Å². The summed E-state index contributed by atoms with van der Waals surface area (Å²) < 4.78 is 17.3. The second-order valence-corrected chi connectivity index (χ2v) is 18.8. The van der Waals surface area contributed by atoms with Crippen molar-refractivity contribution in [3.63, 3.8) is 0 Å². The second-order valence-electron chi connectivity index (χ2n) is 18.4. The molecule has 0 bridgehead atoms. The monoisotopic (exact) mass is 780 g/mol. The molecular weight excluding hydrogens is 724 g/mol. The summed E-state index contributed by atoms with van der Waals surface area (Å²) in [6.45, 7) is 14.7. The van der Waals surface area contributed by atoms with Gasteiger partial charge in [0.1, 0.15) is 12.7 Å². The van der Waals surface area contributed by atoms with Gasteiger partial charge >= 0.3 is 17.9 Å². The third-order valence-corrected chi connectivity index (χ3v) is 15.7. The molecule has 300 valence electrons. The molecule has 11 atom stereocenters. The highest BCUT2D eigenvalue weighted by molar-refractivity contribution is 6.30. The van der Waals surface area contributed by atoms with Crippen molar-refractivity contribution in [1.29, 1.82) is 0 Å². The zero-order chi connectivity index (χ0) is 40.4. The minimum absolute atomic E-state index is 0.0286. The molecule has 0 spiro atoms. The fourth-order valence-corrected chi connectivity index (χ4v) is 12.5. The van der Waals surface area contributed by atoms with Crippen LogP contribution in [0.4, 0.5) is 0 Å². The van der Waals surface area contributed by atoms with E-state index in [4.69, 9.17) is 25.8 Å². The van der Waals surface area contributed by atoms with E-state index in [1.54, 1.807) is 37.3 Å². The summed E-state index contributed by atoms with van der Waals surface area (Å²) in [6.07, 6.45) is 7.38. The van der Waals surface area contributed by atoms with Gasteiger partial charge in [0.25, 0.3) is 5.91 Å². The Morgan fingerprint density at radius 2 is 1.60 bits per heavy atom. The SMILES string of the molecule is CC(=O)OC[C@]1(C)[C@@H]2CC[C@]3(C)[C@H](C(=O)C=C4[C@H]5[C@](C(=O)OCC(=O)N/N=C/c6ccc(Cl)cc6)(CC[C@@H](C)[C@@]5(C)O)CC[C@]43C)[C@@]2(C)CC[C@@H]1OC(C)=O. The van der Waals surface area contributed by atoms with E-state index < -0.39 is 81.0 Å². The Morgan fingerprint density at radius 3 is 2.25 bits per heavy atom. The Hall–Kier alpha value is -3.57. The molecule has 0 unspecified atom stereocenters. The quantitative estimate of drug-likeness (QED) is 0.126. The number of ether oxygens (including phenoxy) is 3. The van der Waals surface area contributed by atoms with Crippen molar-refractivity contribution in [2.45, 2.75) is 118 Å². The second kappa shape index (κ2) is 14.4. The maximum atomic E-state index is 15.0. The van der Waals surface area contributed by atoms with Crippen LogP contribution in [0.25, 0.3) is 0 Å². The van der Waals surface area contributed by atoms with Gasteiger partial charge in [-0.15, -0.1) is 0 Å². The molecule has 11 nitrogen and oxygen atoms in total. The average Bonchev–Trinajstić information content (AvgIpc) is 3.10. The van der Waals surface area contributed by atoms with Gasteiger partial charge in [0.05, 0.1) is 17.2 Å². The highest BCUT2D eigenvalue weighted by Gasteiger charge is 2.73. The van der Waals surface area contributed by atoms with Crippen LogP contribution in [-0.4, -0.2) is 65.8 Å². The molecule has 0 saturated heterocycles. The molecule has 4 saturated carbocycles. The minimum Gasteiger partial charge on any atom is -0.465 e. The lowest BCUT2D eigenvalue weighted by atomic mass is 9.32. The number of fused-ring (bicyclic) bond motifs is 7. The van der Waals surface area contributed by atoms with Gasteiger partial charge in [-0.05, 0) is 110 Å². The van der Waals surface area contributed by atoms with Gasteiger partial charge in [-0.2, -0.15) is 5.10 Å². The molecule has 0 heterocycles. The van der Waals surface area contributed by atoms with Crippen molar-refractivity contribution in [1.82, 2.24) is 5.43 Å². The third kappa shape index (κ3) is 6.64. The molecule has 12 heteroatoms. The number of aliphatic hydroxyl groups is 1. The number of amides is 1. The predicted molar refractivity (Wildman–Crippen MR) is 205 cm³/mol. The van der Waals surface area contributed by atoms with E-state index in [-0.39, 0.29) is 24.2 Å². The fourth-order valence-electron chi connectivity index (χ4n) is 12.3. The van der Waals surface area contributed by atoms with Gasteiger partial charge in [0.15, 0.2) is 12.4 Å². The van der Waals surface area contributed by atoms with Gasteiger partial charge in [0.2, 0.25) is 0 Å². The molecule has 5 aliphatic carbocycles. The molecule has 0 radical (unpaired) electrons. The van der Waals surface area contributed by atoms with Crippen molar-refractivity contribution in [2.75, 3.05) is 13.2 Å². The summed E-state index contributed by atoms with van der Waals surface area (Å²) in [5.41, 5.74) is -0.853. The number of esters is 3. The molecule has 1 aromatic rings. The number of halogens is 1. The van der Waals surface area contributed by atoms with Crippen molar-refractivity contribution in [3.8, 4) is 0 Å². The van der Waals surface area contributed by atoms with E-state index >= 15 is 0 Å². The van der Waals surface area contributed by atoms with Crippen LogP contribution in [0.2, 0.25) is 5.02 Å². The zero-order valence-corrected chi connectivity index (χ0v) is 34.2. The first-order valence-corrected chi connectivity index (χ1v) is 20.1. The first-order chi connectivity index (χ1) is 25.7. The average molecular weight is 781 g/mol. The number of carbonyl (C=O) groups is 5. The summed E-state index contributed by atoms with van der Waals surface area (Å²) in [7, 11) is 0. The summed E-state index contributed by atoms with van der Waals surface area (Å²) in [4.78, 5) is 66.5. The molecule has 55 heavy (non-hydrogen) atoms. The lowest BCUT2D eigenvalue weighted by Gasteiger charge is -2.71. The van der Waals surface area contributed by atoms with Crippen LogP contribution in [0.1, 0.15) is 112 Å². The maximum absolute atomic E-state index is 15.0. The number of nitrogens with zero attached hydrogens (tertiary/aromatic N) is 1. The number of hydrogen-bond acceptors (Lipinski definition) is 10.